The van der Waals surface area contributed by atoms with Gasteiger partial charge in [-0.25, -0.2) is 4.39 Å². The van der Waals surface area contributed by atoms with Crippen LogP contribution in [0.25, 0.3) is 0 Å². The maximum atomic E-state index is 13.2. The number of nitrogens with one attached hydrogen (secondary N) is 1. The Bertz CT molecular complexity index is 609. The van der Waals surface area contributed by atoms with Gasteiger partial charge in [0.1, 0.15) is 17.5 Å². The summed E-state index contributed by atoms with van der Waals surface area (Å²) in [7, 11) is 0. The molecule has 2 atom stereocenters. The van der Waals surface area contributed by atoms with Crippen LogP contribution in [0.1, 0.15) is 49.6 Å². The smallest absolute Gasteiger partial charge is 0.149 e. The maximum absolute atomic E-state index is 13.2. The molecule has 0 bridgehead atoms. The number of aromatic nitrogens is 4. The van der Waals surface area contributed by atoms with Crippen molar-refractivity contribution in [3.05, 3.63) is 41.5 Å². The van der Waals surface area contributed by atoms with E-state index in [1.54, 1.807) is 6.20 Å². The van der Waals surface area contributed by atoms with Crippen LogP contribution in [0.4, 0.5) is 4.39 Å². The average molecular weight is 275 g/mol. The SMILES string of the molecule is CC(NC(C)c1nnc2n1CCC2)c1cncc(F)c1. The van der Waals surface area contributed by atoms with Gasteiger partial charge in [-0.1, -0.05) is 0 Å². The average Bonchev–Trinajstić information content (AvgIpc) is 3.00. The zero-order chi connectivity index (χ0) is 14.1. The van der Waals surface area contributed by atoms with Crippen molar-refractivity contribution in [2.45, 2.75) is 45.3 Å². The van der Waals surface area contributed by atoms with Gasteiger partial charge < -0.3 is 9.88 Å². The molecule has 0 aliphatic carbocycles. The first-order chi connectivity index (χ1) is 9.65. The summed E-state index contributed by atoms with van der Waals surface area (Å²) in [6.07, 6.45) is 5.03. The van der Waals surface area contributed by atoms with Gasteiger partial charge in [-0.2, -0.15) is 0 Å². The molecule has 2 unspecified atom stereocenters. The van der Waals surface area contributed by atoms with Crippen LogP contribution in [0.15, 0.2) is 18.5 Å². The summed E-state index contributed by atoms with van der Waals surface area (Å²) >= 11 is 0. The van der Waals surface area contributed by atoms with Crippen molar-refractivity contribution in [2.24, 2.45) is 0 Å². The Hall–Kier alpha value is -1.82. The highest BCUT2D eigenvalue weighted by molar-refractivity contribution is 5.15. The number of fused-ring (bicyclic) bond motifs is 1. The fourth-order valence-electron chi connectivity index (χ4n) is 2.70. The second-order valence-corrected chi connectivity index (χ2v) is 5.28. The fraction of sp³-hybridized carbons (Fsp3) is 0.500. The minimum absolute atomic E-state index is 0.00236. The van der Waals surface area contributed by atoms with E-state index in [-0.39, 0.29) is 17.9 Å². The molecule has 0 saturated heterocycles. The highest BCUT2D eigenvalue weighted by Gasteiger charge is 2.22. The first-order valence-corrected chi connectivity index (χ1v) is 6.93. The van der Waals surface area contributed by atoms with E-state index in [1.165, 1.54) is 12.3 Å². The quantitative estimate of drug-likeness (QED) is 0.929. The Morgan fingerprint density at radius 3 is 2.90 bits per heavy atom. The molecule has 20 heavy (non-hydrogen) atoms. The standard InChI is InChI=1S/C14H18FN5/c1-9(11-6-12(15)8-16-7-11)17-10(2)14-19-18-13-4-3-5-20(13)14/h6-10,17H,3-5H2,1-2H3. The van der Waals surface area contributed by atoms with Gasteiger partial charge in [0.05, 0.1) is 12.2 Å². The molecule has 3 rings (SSSR count). The summed E-state index contributed by atoms with van der Waals surface area (Å²) < 4.78 is 15.4. The molecule has 2 aromatic heterocycles. The Balaban J connectivity index is 1.73. The zero-order valence-electron chi connectivity index (χ0n) is 11.7. The van der Waals surface area contributed by atoms with E-state index in [2.05, 4.69) is 32.0 Å². The largest absolute Gasteiger partial charge is 0.314 e. The predicted molar refractivity (Wildman–Crippen MR) is 72.5 cm³/mol. The molecule has 0 amide bonds. The Kier molecular flexibility index (Phi) is 3.48. The third kappa shape index (κ3) is 2.43. The van der Waals surface area contributed by atoms with Crippen LogP contribution in [0.5, 0.6) is 0 Å². The Morgan fingerprint density at radius 1 is 1.25 bits per heavy atom. The normalized spacial score (nSPS) is 16.9. The molecule has 0 saturated carbocycles. The highest BCUT2D eigenvalue weighted by Crippen LogP contribution is 2.22. The summed E-state index contributed by atoms with van der Waals surface area (Å²) in [5, 5.41) is 11.9. The molecule has 6 heteroatoms. The number of pyridine rings is 1. The van der Waals surface area contributed by atoms with Crippen molar-refractivity contribution in [1.82, 2.24) is 25.1 Å². The second kappa shape index (κ2) is 5.28. The fourth-order valence-corrected chi connectivity index (χ4v) is 2.70. The van der Waals surface area contributed by atoms with Gasteiger partial charge in [0.25, 0.3) is 0 Å². The zero-order valence-corrected chi connectivity index (χ0v) is 11.7. The molecule has 1 aliphatic rings. The lowest BCUT2D eigenvalue weighted by Gasteiger charge is -2.19. The van der Waals surface area contributed by atoms with Crippen LogP contribution in [0.2, 0.25) is 0 Å². The first kappa shape index (κ1) is 13.2. The summed E-state index contributed by atoms with van der Waals surface area (Å²) in [6.45, 7) is 5.03. The molecule has 1 N–H and O–H groups in total. The van der Waals surface area contributed by atoms with Crippen LogP contribution in [-0.4, -0.2) is 19.7 Å². The topological polar surface area (TPSA) is 55.6 Å². The van der Waals surface area contributed by atoms with Crippen molar-refractivity contribution in [3.8, 4) is 0 Å². The van der Waals surface area contributed by atoms with E-state index in [9.17, 15) is 4.39 Å². The first-order valence-electron chi connectivity index (χ1n) is 6.93. The third-order valence-electron chi connectivity index (χ3n) is 3.75. The van der Waals surface area contributed by atoms with Crippen molar-refractivity contribution in [3.63, 3.8) is 0 Å². The molecule has 0 radical (unpaired) electrons. The van der Waals surface area contributed by atoms with E-state index >= 15 is 0 Å². The van der Waals surface area contributed by atoms with E-state index < -0.39 is 0 Å². The Morgan fingerprint density at radius 2 is 2.10 bits per heavy atom. The molecule has 106 valence electrons. The van der Waals surface area contributed by atoms with Crippen LogP contribution in [0, 0.1) is 5.82 Å². The lowest BCUT2D eigenvalue weighted by atomic mass is 10.1. The highest BCUT2D eigenvalue weighted by atomic mass is 19.1. The minimum atomic E-state index is -0.313. The van der Waals surface area contributed by atoms with E-state index in [0.29, 0.717) is 0 Å². The molecule has 0 aromatic carbocycles. The van der Waals surface area contributed by atoms with Gasteiger partial charge >= 0.3 is 0 Å². The van der Waals surface area contributed by atoms with Gasteiger partial charge in [-0.15, -0.1) is 10.2 Å². The molecular formula is C14H18FN5. The van der Waals surface area contributed by atoms with E-state index in [0.717, 1.165) is 36.6 Å². The van der Waals surface area contributed by atoms with Crippen molar-refractivity contribution in [2.75, 3.05) is 0 Å². The van der Waals surface area contributed by atoms with Crippen molar-refractivity contribution in [1.29, 1.82) is 0 Å². The summed E-state index contributed by atoms with van der Waals surface area (Å²) in [6, 6.07) is 1.57. The minimum Gasteiger partial charge on any atom is -0.314 e. The van der Waals surface area contributed by atoms with Gasteiger partial charge in [-0.3, -0.25) is 4.98 Å². The molecule has 1 aliphatic heterocycles. The number of aryl methyl sites for hydroxylation is 1. The van der Waals surface area contributed by atoms with Crippen LogP contribution in [-0.2, 0) is 13.0 Å². The molecule has 5 nitrogen and oxygen atoms in total. The van der Waals surface area contributed by atoms with Gasteiger partial charge in [0, 0.05) is 25.2 Å². The second-order valence-electron chi connectivity index (χ2n) is 5.28. The summed E-state index contributed by atoms with van der Waals surface area (Å²) in [4.78, 5) is 3.88. The maximum Gasteiger partial charge on any atom is 0.149 e. The molecule has 0 fully saturated rings. The van der Waals surface area contributed by atoms with E-state index in [4.69, 9.17) is 0 Å². The van der Waals surface area contributed by atoms with E-state index in [1.807, 2.05) is 6.92 Å². The number of hydrogen-bond acceptors (Lipinski definition) is 4. The van der Waals surface area contributed by atoms with Crippen LogP contribution < -0.4 is 5.32 Å². The number of nitrogens with zero attached hydrogens (tertiary/aromatic N) is 4. The lowest BCUT2D eigenvalue weighted by Crippen LogP contribution is -2.25. The number of rotatable bonds is 4. The lowest BCUT2D eigenvalue weighted by molar-refractivity contribution is 0.457. The monoisotopic (exact) mass is 275 g/mol. The number of halogens is 1. The summed E-state index contributed by atoms with van der Waals surface area (Å²) in [5.74, 6) is 1.70. The molecule has 0 spiro atoms. The third-order valence-corrected chi connectivity index (χ3v) is 3.75. The summed E-state index contributed by atoms with van der Waals surface area (Å²) in [5.41, 5.74) is 0.831. The van der Waals surface area contributed by atoms with Crippen molar-refractivity contribution < 1.29 is 4.39 Å². The molecule has 3 heterocycles. The van der Waals surface area contributed by atoms with Crippen LogP contribution in [0.3, 0.4) is 0 Å². The van der Waals surface area contributed by atoms with Gasteiger partial charge in [0.15, 0.2) is 0 Å². The van der Waals surface area contributed by atoms with Gasteiger partial charge in [-0.05, 0) is 31.9 Å². The van der Waals surface area contributed by atoms with Crippen molar-refractivity contribution >= 4 is 0 Å². The molecule has 2 aromatic rings. The van der Waals surface area contributed by atoms with Gasteiger partial charge in [0.2, 0.25) is 0 Å². The molecular weight excluding hydrogens is 257 g/mol. The Labute approximate surface area is 117 Å². The number of hydrogen-bond donors (Lipinski definition) is 1. The van der Waals surface area contributed by atoms with Crippen LogP contribution >= 0.6 is 0 Å². The predicted octanol–water partition coefficient (Wildman–Crippen LogP) is 2.17.